The van der Waals surface area contributed by atoms with E-state index < -0.39 is 47.9 Å². The van der Waals surface area contributed by atoms with Gasteiger partial charge in [0.1, 0.15) is 63.7 Å². The second kappa shape index (κ2) is 62.0. The van der Waals surface area contributed by atoms with Crippen molar-refractivity contribution in [2.45, 2.75) is 142 Å². The first-order valence-electron chi connectivity index (χ1n) is 42.6. The molecule has 14 rings (SSSR count). The molecule has 0 heterocycles. The molecule has 0 amide bonds. The number of hydrogen-bond donors (Lipinski definition) is 0. The average Bonchev–Trinajstić information content (AvgIpc) is 0.837. The maximum absolute atomic E-state index is 13.5. The molecule has 0 aliphatic rings. The number of ether oxygens (including phenoxy) is 5. The molecule has 0 saturated carbocycles. The molecule has 0 atom stereocenters. The number of hydrogen-bond acceptors (Lipinski definition) is 5. The van der Waals surface area contributed by atoms with Gasteiger partial charge in [0.2, 0.25) is 0 Å². The van der Waals surface area contributed by atoms with E-state index in [1.54, 1.807) is 165 Å². The monoisotopic (exact) mass is 2040 g/mol. The van der Waals surface area contributed by atoms with Crippen molar-refractivity contribution in [3.63, 3.8) is 0 Å². The van der Waals surface area contributed by atoms with Gasteiger partial charge in [-0.1, -0.05) is 234 Å². The van der Waals surface area contributed by atoms with Gasteiger partial charge in [-0.3, -0.25) is 0 Å². The van der Waals surface area contributed by atoms with Crippen molar-refractivity contribution in [2.75, 3.05) is 21.3 Å². The number of benzene rings is 14. The van der Waals surface area contributed by atoms with E-state index in [2.05, 4.69) is 9.47 Å². The fraction of sp³-hybridized carbons (Fsp3) is 0.214. The lowest BCUT2D eigenvalue weighted by Crippen LogP contribution is -2.17. The Balaban J connectivity index is 0.000000521. The van der Waals surface area contributed by atoms with Crippen LogP contribution < -0.4 is 23.7 Å². The summed E-state index contributed by atoms with van der Waals surface area (Å²) in [6, 6.07) is 73.7. The third-order valence-corrected chi connectivity index (χ3v) is 19.7. The summed E-state index contributed by atoms with van der Waals surface area (Å²) in [5, 5.41) is 1.02. The van der Waals surface area contributed by atoms with E-state index in [9.17, 15) is 101 Å². The highest BCUT2D eigenvalue weighted by Gasteiger charge is 2.34. The molecule has 14 aromatic carbocycles. The van der Waals surface area contributed by atoms with Gasteiger partial charge in [-0.2, -0.15) is 39.5 Å². The zero-order chi connectivity index (χ0) is 108. The van der Waals surface area contributed by atoms with Crippen LogP contribution in [0.3, 0.4) is 0 Å². The van der Waals surface area contributed by atoms with E-state index in [-0.39, 0.29) is 58.0 Å². The van der Waals surface area contributed by atoms with Crippen LogP contribution in [0.4, 0.5) is 101 Å². The van der Waals surface area contributed by atoms with E-state index in [4.69, 9.17) is 37.4 Å². The van der Waals surface area contributed by atoms with E-state index in [0.29, 0.717) is 60.7 Å². The predicted octanol–water partition coefficient (Wildman–Crippen LogP) is 37.3. The van der Waals surface area contributed by atoms with Gasteiger partial charge in [0.15, 0.2) is 11.6 Å². The molecule has 30 heteroatoms. The first-order chi connectivity index (χ1) is 66.3. The van der Waals surface area contributed by atoms with Gasteiger partial charge in [0, 0.05) is 38.4 Å². The molecule has 142 heavy (non-hydrogen) atoms. The van der Waals surface area contributed by atoms with Crippen LogP contribution in [0, 0.1) is 143 Å². The lowest BCUT2D eigenvalue weighted by molar-refractivity contribution is -0.275. The summed E-state index contributed by atoms with van der Waals surface area (Å²) in [7, 11) is 4.51. The number of allylic oxidation sites excluding steroid dienone is 2. The number of alkyl halides is 15. The maximum atomic E-state index is 13.5. The lowest BCUT2D eigenvalue weighted by Gasteiger charge is -2.08. The quantitative estimate of drug-likeness (QED) is 0.142. The molecule has 0 spiro atoms. The van der Waals surface area contributed by atoms with Crippen molar-refractivity contribution in [1.29, 1.82) is 0 Å². The second-order valence-corrected chi connectivity index (χ2v) is 31.4. The zero-order valence-electron chi connectivity index (χ0n) is 81.0. The molecule has 0 aliphatic carbocycles. The van der Waals surface area contributed by atoms with Gasteiger partial charge in [-0.05, 0) is 288 Å². The third kappa shape index (κ3) is 50.6. The molecule has 0 aliphatic heterocycles. The first kappa shape index (κ1) is 125. The molecule has 0 radical (unpaired) electrons. The van der Waals surface area contributed by atoms with E-state index in [0.717, 1.165) is 103 Å². The molecule has 0 fully saturated rings. The summed E-state index contributed by atoms with van der Waals surface area (Å²) in [4.78, 5) is 0. The van der Waals surface area contributed by atoms with Crippen molar-refractivity contribution in [1.82, 2.24) is 0 Å². The Bertz CT molecular complexity index is 6030. The summed E-state index contributed by atoms with van der Waals surface area (Å²) in [6.07, 6.45) is -14.5. The summed E-state index contributed by atoms with van der Waals surface area (Å²) in [5.41, 5.74) is 12.5. The molecule has 0 N–H and O–H groups in total. The van der Waals surface area contributed by atoms with E-state index in [1.165, 1.54) is 131 Å². The minimum absolute atomic E-state index is 0.124. The predicted molar refractivity (Wildman–Crippen MR) is 523 cm³/mol. The fourth-order valence-electron chi connectivity index (χ4n) is 11.1. The van der Waals surface area contributed by atoms with Crippen molar-refractivity contribution >= 4 is 35.4 Å². The molecular weight excluding hydrogens is 1930 g/mol. The van der Waals surface area contributed by atoms with Crippen LogP contribution in [-0.4, -0.2) is 34.1 Å². The fourth-order valence-corrected chi connectivity index (χ4v) is 11.4. The normalized spacial score (nSPS) is 10.6. The summed E-state index contributed by atoms with van der Waals surface area (Å²) < 4.78 is 301. The van der Waals surface area contributed by atoms with Crippen LogP contribution in [0.15, 0.2) is 303 Å². The van der Waals surface area contributed by atoms with Gasteiger partial charge in [-0.25, -0.2) is 35.1 Å². The molecule has 0 aromatic heterocycles. The number of methoxy groups -OCH3 is 3. The molecule has 0 bridgehead atoms. The second-order valence-electron chi connectivity index (χ2n) is 30.7. The highest BCUT2D eigenvalue weighted by atomic mass is 35.5. The number of rotatable bonds is 8. The Hall–Kier alpha value is -13.5. The third-order valence-electron chi connectivity index (χ3n) is 18.7. The van der Waals surface area contributed by atoms with Crippen LogP contribution >= 0.6 is 23.2 Å². The standard InChI is InChI=1S/C13H11F.C10H9F3.C9H9F.2C8H8ClF.2C8H7F3O.2C8H7F3.3C8H9FO.C8H9F/c1-10-7-8-12(13(14)9-10)11-5-3-2-4-6-11;1-2-3-8-4-6-9(7-5-8)10(11,12)13;1-2-3-8-4-6-9(10)7-5-8;1-5-3-4-7(10)6(2)8(5)9;1-5-3-4-7(9)6(2)8(5)10;1-6-2-4-7(5-3-6)12-8(9,10)11;1-6-3-2-4-7(5-6)12-8(9,10)11;1-6-2-4-7(5-3-6)8(9,10)11;1-6-3-2-4-7(5-6)8(9,10)11;1-6-3-4-7(9)5-8(6)10-2;1-6-3-4-8(10-2)7(9)5-6;1-6-7(9)4-3-5-8(6)10-2;1-6-3-4-8(9)7(2)5-6/h2-9H,1H3;2-7H,1H3;2-7H,1H3;2*3-4H,1-2H3;2*2-5H,1H3;2*2-5H,1H3;3*3-5H,1-2H3;3-5H,1-2H3/b;2*3-2+;;;;;;;;;;. The van der Waals surface area contributed by atoms with Crippen molar-refractivity contribution in [3.8, 4) is 39.9 Å². The summed E-state index contributed by atoms with van der Waals surface area (Å²) in [5.74, 6) is -0.571. The molecule has 762 valence electrons. The molecule has 0 unspecified atom stereocenters. The molecule has 0 saturated heterocycles. The molecular formula is C112H109Cl2F23O5. The Labute approximate surface area is 824 Å². The molecule has 14 aromatic rings. The minimum atomic E-state index is -4.60. The lowest BCUT2D eigenvalue weighted by atomic mass is 10.0. The molecule has 5 nitrogen and oxygen atoms in total. The van der Waals surface area contributed by atoms with Gasteiger partial charge < -0.3 is 23.7 Å². The number of aryl methyl sites for hydroxylation is 11. The van der Waals surface area contributed by atoms with Crippen LogP contribution in [0.1, 0.15) is 120 Å². The number of halogens is 25. The van der Waals surface area contributed by atoms with Gasteiger partial charge >= 0.3 is 31.3 Å². The summed E-state index contributed by atoms with van der Waals surface area (Å²) >= 11 is 11.4. The zero-order valence-corrected chi connectivity index (χ0v) is 82.5. The van der Waals surface area contributed by atoms with Gasteiger partial charge in [-0.15, -0.1) is 26.3 Å². The Morgan fingerprint density at radius 1 is 0.261 bits per heavy atom. The van der Waals surface area contributed by atoms with Crippen LogP contribution in [0.25, 0.3) is 23.3 Å². The van der Waals surface area contributed by atoms with E-state index in [1.807, 2.05) is 115 Å². The Morgan fingerprint density at radius 3 is 1.10 bits per heavy atom. The smallest absolute Gasteiger partial charge is 0.496 e. The van der Waals surface area contributed by atoms with Crippen LogP contribution in [-0.2, 0) is 18.5 Å². The van der Waals surface area contributed by atoms with Crippen LogP contribution in [0.5, 0.6) is 28.7 Å². The van der Waals surface area contributed by atoms with Crippen molar-refractivity contribution in [3.05, 3.63) is 466 Å². The Kier molecular flexibility index (Phi) is 54.4. The van der Waals surface area contributed by atoms with Gasteiger partial charge in [0.05, 0.1) is 38.0 Å². The van der Waals surface area contributed by atoms with Gasteiger partial charge in [0.25, 0.3) is 0 Å². The highest BCUT2D eigenvalue weighted by Crippen LogP contribution is 2.34. The minimum Gasteiger partial charge on any atom is -0.496 e. The SMILES string of the molecule is C/C=C/c1ccc(C(F)(F)F)cc1.C/C=C/c1ccc(F)cc1.COc1cc(F)ccc1C.COc1ccc(C)cc1F.COc1cccc(F)c1C.Cc1ccc(-c2ccccc2)c(F)c1.Cc1ccc(C(F)(F)F)cc1.Cc1ccc(Cl)c(C)c1F.Cc1ccc(F)c(C)c1.Cc1ccc(F)c(C)c1Cl.Cc1ccc(OC(F)(F)F)cc1.Cc1cccc(C(F)(F)F)c1.Cc1cccc(OC(F)(F)F)c1. The summed E-state index contributed by atoms with van der Waals surface area (Å²) in [6.45, 7) is 28.5. The Morgan fingerprint density at radius 2 is 0.669 bits per heavy atom. The van der Waals surface area contributed by atoms with E-state index >= 15 is 0 Å². The van der Waals surface area contributed by atoms with Crippen molar-refractivity contribution in [2.24, 2.45) is 0 Å². The van der Waals surface area contributed by atoms with Crippen molar-refractivity contribution < 1.29 is 125 Å². The largest absolute Gasteiger partial charge is 0.573 e. The maximum Gasteiger partial charge on any atom is 0.573 e. The average molecular weight is 2040 g/mol. The first-order valence-corrected chi connectivity index (χ1v) is 43.4. The highest BCUT2D eigenvalue weighted by molar-refractivity contribution is 6.32. The topological polar surface area (TPSA) is 46.2 Å². The van der Waals surface area contributed by atoms with Crippen LogP contribution in [0.2, 0.25) is 10.0 Å².